The third-order valence-corrected chi connectivity index (χ3v) is 5.69. The minimum Gasteiger partial charge on any atom is -0.507 e. The predicted molar refractivity (Wildman–Crippen MR) is 154 cm³/mol. The summed E-state index contributed by atoms with van der Waals surface area (Å²) in [7, 11) is 3.18. The Hall–Kier alpha value is -4.68. The number of benzene rings is 2. The summed E-state index contributed by atoms with van der Waals surface area (Å²) in [5.41, 5.74) is 1.02. The van der Waals surface area contributed by atoms with Crippen molar-refractivity contribution in [3.8, 4) is 5.75 Å². The van der Waals surface area contributed by atoms with Crippen LogP contribution in [-0.4, -0.2) is 83.4 Å². The number of amides is 3. The summed E-state index contributed by atoms with van der Waals surface area (Å²) in [6.07, 6.45) is -0.0544. The van der Waals surface area contributed by atoms with Gasteiger partial charge in [0.25, 0.3) is 5.91 Å². The van der Waals surface area contributed by atoms with Gasteiger partial charge in [-0.05, 0) is 69.5 Å². The third-order valence-electron chi connectivity index (χ3n) is 5.69. The predicted octanol–water partition coefficient (Wildman–Crippen LogP) is 5.23. The van der Waals surface area contributed by atoms with E-state index in [2.05, 4.69) is 15.5 Å². The van der Waals surface area contributed by atoms with Crippen LogP contribution in [0.15, 0.2) is 52.7 Å². The molecule has 2 aromatic carbocycles. The van der Waals surface area contributed by atoms with Crippen LogP contribution in [0, 0.1) is 0 Å². The molecule has 13 heteroatoms. The Labute approximate surface area is 245 Å². The van der Waals surface area contributed by atoms with Gasteiger partial charge in [-0.15, -0.1) is 0 Å². The van der Waals surface area contributed by atoms with Crippen molar-refractivity contribution in [2.75, 3.05) is 33.7 Å². The number of azo groups is 1. The molecule has 0 saturated heterocycles. The van der Waals surface area contributed by atoms with E-state index in [-0.39, 0.29) is 44.0 Å². The van der Waals surface area contributed by atoms with Crippen LogP contribution in [0.2, 0.25) is 0 Å². The molecule has 0 unspecified atom stereocenters. The van der Waals surface area contributed by atoms with Gasteiger partial charge in [0.15, 0.2) is 0 Å². The molecule has 3 amide bonds. The molecule has 2 rings (SSSR count). The zero-order chi connectivity index (χ0) is 31.3. The number of carboxylic acids is 1. The molecule has 228 valence electrons. The average Bonchev–Trinajstić information content (AvgIpc) is 2.93. The van der Waals surface area contributed by atoms with Gasteiger partial charge in [0.2, 0.25) is 0 Å². The number of hydrogen-bond donors (Lipinski definition) is 3. The molecular weight excluding hydrogens is 546 g/mol. The van der Waals surface area contributed by atoms with Crippen LogP contribution in [0.3, 0.4) is 0 Å². The van der Waals surface area contributed by atoms with E-state index >= 15 is 0 Å². The second kappa shape index (κ2) is 15.9. The van der Waals surface area contributed by atoms with Gasteiger partial charge < -0.3 is 34.8 Å². The minimum atomic E-state index is -0.892. The van der Waals surface area contributed by atoms with Gasteiger partial charge in [0.05, 0.1) is 16.9 Å². The van der Waals surface area contributed by atoms with E-state index in [1.165, 1.54) is 28.0 Å². The number of phenolic OH excluding ortho intramolecular Hbond substituents is 1. The first kappa shape index (κ1) is 33.5. The second-order valence-corrected chi connectivity index (χ2v) is 10.6. The molecule has 13 nitrogen and oxygen atoms in total. The quantitative estimate of drug-likeness (QED) is 0.212. The zero-order valence-electron chi connectivity index (χ0n) is 24.6. The molecule has 0 aliphatic carbocycles. The fraction of sp³-hybridized carbons (Fsp3) is 0.448. The van der Waals surface area contributed by atoms with E-state index in [0.717, 1.165) is 5.56 Å². The summed E-state index contributed by atoms with van der Waals surface area (Å²) in [5, 5.41) is 29.7. The van der Waals surface area contributed by atoms with Gasteiger partial charge >= 0.3 is 18.2 Å². The standard InChI is InChI=1S/C29H39N5O8/c1-29(2,3)42-28(40)34(5)17-16-33(4)27(39)41-19-20-9-11-21(12-10-20)31-32-22-13-14-24(35)23(18-22)26(38)30-15-7-6-8-25(36)37/h9-14,18,35H,6-8,15-17,19H2,1-5H3,(H,30,38)(H,36,37). The maximum atomic E-state index is 12.4. The van der Waals surface area contributed by atoms with Crippen molar-refractivity contribution in [3.05, 3.63) is 53.6 Å². The number of aromatic hydroxyl groups is 1. The monoisotopic (exact) mass is 585 g/mol. The van der Waals surface area contributed by atoms with E-state index in [1.807, 2.05) is 0 Å². The van der Waals surface area contributed by atoms with Crippen molar-refractivity contribution in [3.63, 3.8) is 0 Å². The highest BCUT2D eigenvalue weighted by Gasteiger charge is 2.20. The van der Waals surface area contributed by atoms with Crippen LogP contribution in [0.25, 0.3) is 0 Å². The molecule has 2 aromatic rings. The molecule has 3 N–H and O–H groups in total. The lowest BCUT2D eigenvalue weighted by atomic mass is 10.1. The van der Waals surface area contributed by atoms with Crippen molar-refractivity contribution >= 4 is 35.4 Å². The Kier molecular flexibility index (Phi) is 12.7. The van der Waals surface area contributed by atoms with Gasteiger partial charge in [-0.3, -0.25) is 9.59 Å². The molecule has 0 fully saturated rings. The van der Waals surface area contributed by atoms with Crippen LogP contribution in [0.1, 0.15) is 56.0 Å². The normalized spacial score (nSPS) is 11.2. The van der Waals surface area contributed by atoms with Gasteiger partial charge in [-0.25, -0.2) is 9.59 Å². The molecule has 0 spiro atoms. The molecule has 0 saturated carbocycles. The van der Waals surface area contributed by atoms with Crippen molar-refractivity contribution in [1.29, 1.82) is 0 Å². The number of carbonyl (C=O) groups is 4. The molecule has 0 radical (unpaired) electrons. The van der Waals surface area contributed by atoms with Crippen molar-refractivity contribution in [2.24, 2.45) is 10.2 Å². The van der Waals surface area contributed by atoms with Crippen LogP contribution < -0.4 is 5.32 Å². The van der Waals surface area contributed by atoms with Crippen LogP contribution in [0.5, 0.6) is 5.75 Å². The largest absolute Gasteiger partial charge is 0.507 e. The number of ether oxygens (including phenoxy) is 2. The number of unbranched alkanes of at least 4 members (excludes halogenated alkanes) is 1. The van der Waals surface area contributed by atoms with E-state index in [1.54, 1.807) is 59.1 Å². The fourth-order valence-corrected chi connectivity index (χ4v) is 3.32. The topological polar surface area (TPSA) is 170 Å². The van der Waals surface area contributed by atoms with E-state index in [4.69, 9.17) is 14.6 Å². The highest BCUT2D eigenvalue weighted by molar-refractivity contribution is 5.97. The molecule has 0 aliphatic rings. The number of rotatable bonds is 13. The lowest BCUT2D eigenvalue weighted by Crippen LogP contribution is -2.40. The second-order valence-electron chi connectivity index (χ2n) is 10.6. The van der Waals surface area contributed by atoms with Crippen LogP contribution in [-0.2, 0) is 20.9 Å². The van der Waals surface area contributed by atoms with Crippen LogP contribution >= 0.6 is 0 Å². The van der Waals surface area contributed by atoms with E-state index in [0.29, 0.717) is 24.2 Å². The van der Waals surface area contributed by atoms with Crippen molar-refractivity contribution < 1.29 is 38.9 Å². The van der Waals surface area contributed by atoms with Gasteiger partial charge in [0.1, 0.15) is 18.0 Å². The highest BCUT2D eigenvalue weighted by Crippen LogP contribution is 2.25. The average molecular weight is 586 g/mol. The molecule has 0 aliphatic heterocycles. The number of nitrogens with zero attached hydrogens (tertiary/aromatic N) is 4. The molecule has 0 bridgehead atoms. The maximum Gasteiger partial charge on any atom is 0.410 e. The Bertz CT molecular complexity index is 1260. The summed E-state index contributed by atoms with van der Waals surface area (Å²) < 4.78 is 10.6. The molecule has 0 atom stereocenters. The Morgan fingerprint density at radius 2 is 1.48 bits per heavy atom. The Balaban J connectivity index is 1.84. The first-order valence-corrected chi connectivity index (χ1v) is 13.4. The SMILES string of the molecule is CN(CCN(C)C(=O)OC(C)(C)C)C(=O)OCc1ccc(N=Nc2ccc(O)c(C(=O)NCCCCC(=O)O)c2)cc1. The summed E-state index contributed by atoms with van der Waals surface area (Å²) in [6, 6.07) is 11.1. The number of carbonyl (C=O) groups excluding carboxylic acids is 3. The fourth-order valence-electron chi connectivity index (χ4n) is 3.32. The molecule has 0 aromatic heterocycles. The summed E-state index contributed by atoms with van der Waals surface area (Å²) in [5.74, 6) is -1.60. The summed E-state index contributed by atoms with van der Waals surface area (Å²) >= 11 is 0. The van der Waals surface area contributed by atoms with Gasteiger partial charge in [-0.2, -0.15) is 10.2 Å². The van der Waals surface area contributed by atoms with Crippen LogP contribution in [0.4, 0.5) is 21.0 Å². The van der Waals surface area contributed by atoms with E-state index < -0.39 is 29.7 Å². The van der Waals surface area contributed by atoms with Crippen molar-refractivity contribution in [1.82, 2.24) is 15.1 Å². The Morgan fingerprint density at radius 1 is 0.881 bits per heavy atom. The molecule has 0 heterocycles. The maximum absolute atomic E-state index is 12.4. The first-order chi connectivity index (χ1) is 19.7. The van der Waals surface area contributed by atoms with Gasteiger partial charge in [0, 0.05) is 40.2 Å². The summed E-state index contributed by atoms with van der Waals surface area (Å²) in [6.45, 7) is 6.20. The number of aliphatic carboxylic acids is 1. The highest BCUT2D eigenvalue weighted by atomic mass is 16.6. The minimum absolute atomic E-state index is 0.0250. The number of carboxylic acid groups (broad SMARTS) is 1. The number of nitrogens with one attached hydrogen (secondary N) is 1. The number of likely N-dealkylation sites (N-methyl/N-ethyl adjacent to an activating group) is 2. The first-order valence-electron chi connectivity index (χ1n) is 13.4. The van der Waals surface area contributed by atoms with Crippen molar-refractivity contribution in [2.45, 2.75) is 52.2 Å². The Morgan fingerprint density at radius 3 is 2.10 bits per heavy atom. The number of phenols is 1. The smallest absolute Gasteiger partial charge is 0.410 e. The van der Waals surface area contributed by atoms with Gasteiger partial charge in [-0.1, -0.05) is 12.1 Å². The summed E-state index contributed by atoms with van der Waals surface area (Å²) in [4.78, 5) is 50.1. The number of hydrogen-bond acceptors (Lipinski definition) is 9. The zero-order valence-corrected chi connectivity index (χ0v) is 24.6. The lowest BCUT2D eigenvalue weighted by Gasteiger charge is -2.26. The lowest BCUT2D eigenvalue weighted by molar-refractivity contribution is -0.137. The molecular formula is C29H39N5O8. The molecule has 42 heavy (non-hydrogen) atoms. The third kappa shape index (κ3) is 12.2. The van der Waals surface area contributed by atoms with E-state index in [9.17, 15) is 24.3 Å².